The number of hydrogen-bond donors (Lipinski definition) is 0. The van der Waals surface area contributed by atoms with Gasteiger partial charge in [0.2, 0.25) is 0 Å². The maximum absolute atomic E-state index is 4.72. The standard InChI is InChI=1S/C27H25N2S.Ir/c1-17(2)21-16-22-20-12-8-9-13-23(20)30-26(22)24(18(3)4)25(21)29-15-14-28-27(29)19-10-6-5-7-11-19;/h5-10,12-18H,1-4H3;/q-1;. The van der Waals surface area contributed by atoms with E-state index in [9.17, 15) is 0 Å². The maximum Gasteiger partial charge on any atom is 0.0602 e. The Kier molecular flexibility index (Phi) is 6.16. The number of hydrogen-bond acceptors (Lipinski definition) is 2. The Balaban J connectivity index is 0.00000231. The van der Waals surface area contributed by atoms with E-state index in [0.717, 1.165) is 11.4 Å². The summed E-state index contributed by atoms with van der Waals surface area (Å²) in [5, 5.41) is 2.73. The summed E-state index contributed by atoms with van der Waals surface area (Å²) in [6.07, 6.45) is 4.00. The van der Waals surface area contributed by atoms with Crippen LogP contribution in [0.4, 0.5) is 0 Å². The van der Waals surface area contributed by atoms with Crippen molar-refractivity contribution < 1.29 is 20.1 Å². The molecule has 5 aromatic rings. The molecule has 31 heavy (non-hydrogen) atoms. The van der Waals surface area contributed by atoms with Gasteiger partial charge in [0.05, 0.1) is 5.82 Å². The minimum atomic E-state index is 0. The molecule has 0 amide bonds. The summed E-state index contributed by atoms with van der Waals surface area (Å²) in [5.74, 6) is 1.74. The van der Waals surface area contributed by atoms with E-state index in [1.807, 2.05) is 35.7 Å². The average molecular weight is 602 g/mol. The van der Waals surface area contributed by atoms with Gasteiger partial charge in [0, 0.05) is 58.4 Å². The second-order valence-corrected chi connectivity index (χ2v) is 9.46. The molecule has 0 bridgehead atoms. The Morgan fingerprint density at radius 1 is 0.935 bits per heavy atom. The number of nitrogens with zero attached hydrogens (tertiary/aromatic N) is 2. The number of thiophene rings is 1. The Hall–Kier alpha value is -2.26. The zero-order valence-electron chi connectivity index (χ0n) is 18.1. The number of rotatable bonds is 4. The minimum absolute atomic E-state index is 0. The van der Waals surface area contributed by atoms with Gasteiger partial charge in [0.15, 0.2) is 0 Å². The zero-order chi connectivity index (χ0) is 20.8. The summed E-state index contributed by atoms with van der Waals surface area (Å²) >= 11 is 1.91. The van der Waals surface area contributed by atoms with Crippen molar-refractivity contribution in [1.82, 2.24) is 9.55 Å². The topological polar surface area (TPSA) is 17.8 Å². The Morgan fingerprint density at radius 3 is 2.42 bits per heavy atom. The van der Waals surface area contributed by atoms with E-state index in [1.54, 1.807) is 0 Å². The fourth-order valence-corrected chi connectivity index (χ4v) is 5.73. The Labute approximate surface area is 201 Å². The van der Waals surface area contributed by atoms with Crippen LogP contribution in [0.25, 0.3) is 37.2 Å². The quantitative estimate of drug-likeness (QED) is 0.191. The van der Waals surface area contributed by atoms with Crippen molar-refractivity contribution in [2.24, 2.45) is 0 Å². The van der Waals surface area contributed by atoms with Crippen LogP contribution in [-0.4, -0.2) is 9.55 Å². The van der Waals surface area contributed by atoms with Crippen LogP contribution in [0.5, 0.6) is 0 Å². The first-order chi connectivity index (χ1) is 14.6. The van der Waals surface area contributed by atoms with Gasteiger partial charge in [0.25, 0.3) is 0 Å². The van der Waals surface area contributed by atoms with Gasteiger partial charge in [-0.15, -0.1) is 47.2 Å². The van der Waals surface area contributed by atoms with Crippen molar-refractivity contribution in [3.63, 3.8) is 0 Å². The van der Waals surface area contributed by atoms with Crippen molar-refractivity contribution in [1.29, 1.82) is 0 Å². The third-order valence-corrected chi connectivity index (χ3v) is 6.96. The predicted octanol–water partition coefficient (Wildman–Crippen LogP) is 7.95. The molecule has 3 aromatic carbocycles. The molecule has 0 fully saturated rings. The molecule has 0 unspecified atom stereocenters. The molecule has 0 saturated carbocycles. The molecule has 2 heterocycles. The second-order valence-electron chi connectivity index (χ2n) is 8.41. The molecule has 0 N–H and O–H groups in total. The Bertz CT molecular complexity index is 1350. The fourth-order valence-electron chi connectivity index (χ4n) is 4.36. The predicted molar refractivity (Wildman–Crippen MR) is 129 cm³/mol. The second kappa shape index (κ2) is 8.70. The number of aromatic nitrogens is 2. The van der Waals surface area contributed by atoms with Crippen molar-refractivity contribution in [2.75, 3.05) is 0 Å². The molecule has 5 rings (SSSR count). The SMILES string of the molecule is CC(C)c1cc2c(sc3ccccc32)c(C(C)C)c1-n1ccnc1-c1[c-]cccc1.[Ir]. The van der Waals surface area contributed by atoms with Gasteiger partial charge in [-0.25, -0.2) is 0 Å². The molecule has 0 spiro atoms. The first kappa shape index (κ1) is 22.0. The van der Waals surface area contributed by atoms with E-state index in [1.165, 1.54) is 37.0 Å². The summed E-state index contributed by atoms with van der Waals surface area (Å²) < 4.78 is 5.02. The van der Waals surface area contributed by atoms with E-state index in [0.29, 0.717) is 11.8 Å². The number of benzene rings is 3. The van der Waals surface area contributed by atoms with Crippen molar-refractivity contribution in [3.8, 4) is 17.1 Å². The number of imidazole rings is 1. The molecular weight excluding hydrogens is 577 g/mol. The normalized spacial score (nSPS) is 11.5. The molecule has 4 heteroatoms. The van der Waals surface area contributed by atoms with Crippen LogP contribution in [-0.2, 0) is 20.1 Å². The molecule has 2 aromatic heterocycles. The number of fused-ring (bicyclic) bond motifs is 3. The van der Waals surface area contributed by atoms with Crippen LogP contribution in [0.3, 0.4) is 0 Å². The van der Waals surface area contributed by atoms with Gasteiger partial charge in [-0.3, -0.25) is 4.98 Å². The fraction of sp³-hybridized carbons (Fsp3) is 0.222. The van der Waals surface area contributed by atoms with Crippen LogP contribution in [0.1, 0.15) is 50.7 Å². The van der Waals surface area contributed by atoms with Crippen LogP contribution < -0.4 is 0 Å². The summed E-state index contributed by atoms with van der Waals surface area (Å²) in [5.41, 5.74) is 5.07. The molecule has 159 valence electrons. The van der Waals surface area contributed by atoms with E-state index >= 15 is 0 Å². The molecular formula is C27H25IrN2S-. The summed E-state index contributed by atoms with van der Waals surface area (Å²) in [4.78, 5) is 4.72. The average Bonchev–Trinajstić information content (AvgIpc) is 3.37. The first-order valence-electron chi connectivity index (χ1n) is 10.5. The minimum Gasteiger partial charge on any atom is -0.339 e. The Morgan fingerprint density at radius 2 is 1.71 bits per heavy atom. The van der Waals surface area contributed by atoms with Gasteiger partial charge >= 0.3 is 0 Å². The smallest absolute Gasteiger partial charge is 0.0602 e. The molecule has 0 aliphatic heterocycles. The monoisotopic (exact) mass is 602 g/mol. The molecule has 0 aliphatic carbocycles. The van der Waals surface area contributed by atoms with E-state index in [-0.39, 0.29) is 20.1 Å². The zero-order valence-corrected chi connectivity index (χ0v) is 21.4. The van der Waals surface area contributed by atoms with Gasteiger partial charge in [-0.05, 0) is 35.1 Å². The van der Waals surface area contributed by atoms with Crippen molar-refractivity contribution >= 4 is 31.5 Å². The van der Waals surface area contributed by atoms with Crippen LogP contribution in [0.2, 0.25) is 0 Å². The van der Waals surface area contributed by atoms with E-state index < -0.39 is 0 Å². The molecule has 1 radical (unpaired) electrons. The van der Waals surface area contributed by atoms with Gasteiger partial charge in [-0.2, -0.15) is 0 Å². The largest absolute Gasteiger partial charge is 0.339 e. The van der Waals surface area contributed by atoms with E-state index in [4.69, 9.17) is 4.98 Å². The van der Waals surface area contributed by atoms with Gasteiger partial charge in [-0.1, -0.05) is 45.9 Å². The molecule has 0 saturated heterocycles. The van der Waals surface area contributed by atoms with Crippen LogP contribution >= 0.6 is 11.3 Å². The van der Waals surface area contributed by atoms with Crippen LogP contribution in [0.15, 0.2) is 67.0 Å². The maximum atomic E-state index is 4.72. The summed E-state index contributed by atoms with van der Waals surface area (Å²) in [7, 11) is 0. The van der Waals surface area contributed by atoms with E-state index in [2.05, 4.69) is 80.9 Å². The summed E-state index contributed by atoms with van der Waals surface area (Å²) in [6, 6.07) is 22.6. The molecule has 0 aliphatic rings. The third kappa shape index (κ3) is 3.67. The summed E-state index contributed by atoms with van der Waals surface area (Å²) in [6.45, 7) is 9.18. The van der Waals surface area contributed by atoms with Crippen molar-refractivity contribution in [2.45, 2.75) is 39.5 Å². The molecule has 0 atom stereocenters. The first-order valence-corrected chi connectivity index (χ1v) is 11.4. The van der Waals surface area contributed by atoms with Crippen LogP contribution in [0, 0.1) is 6.07 Å². The van der Waals surface area contributed by atoms with Crippen molar-refractivity contribution in [3.05, 3.63) is 84.2 Å². The third-order valence-electron chi connectivity index (χ3n) is 5.74. The van der Waals surface area contributed by atoms with Gasteiger partial charge < -0.3 is 4.57 Å². The molecule has 2 nitrogen and oxygen atoms in total. The van der Waals surface area contributed by atoms with Gasteiger partial charge in [0.1, 0.15) is 0 Å².